The third kappa shape index (κ3) is 2.98. The Morgan fingerprint density at radius 2 is 1.47 bits per heavy atom. The molecule has 0 radical (unpaired) electrons. The highest BCUT2D eigenvalue weighted by atomic mass is 28.3. The van der Waals surface area contributed by atoms with E-state index in [-0.39, 0.29) is 0 Å². The third-order valence-corrected chi connectivity index (χ3v) is 5.86. The molecule has 0 aromatic carbocycles. The summed E-state index contributed by atoms with van der Waals surface area (Å²) < 4.78 is 0. The zero-order valence-corrected chi connectivity index (χ0v) is 13.0. The molecule has 0 aliphatic rings. The minimum Gasteiger partial charge on any atom is -0.248 e. The average molecular weight is 238 g/mol. The van der Waals surface area contributed by atoms with Crippen LogP contribution in [-0.4, -0.2) is 26.1 Å². The van der Waals surface area contributed by atoms with Gasteiger partial charge >= 0.3 is 0 Å². The lowest BCUT2D eigenvalue weighted by atomic mass is 10.4. The van der Waals surface area contributed by atoms with Crippen LogP contribution in [0.15, 0.2) is 6.20 Å². The molecule has 15 heavy (non-hydrogen) atoms. The molecule has 0 saturated heterocycles. The van der Waals surface area contributed by atoms with Gasteiger partial charge in [-0.2, -0.15) is 0 Å². The second-order valence-corrected chi connectivity index (χ2v) is 16.1. The van der Waals surface area contributed by atoms with Crippen LogP contribution in [0.25, 0.3) is 0 Å². The fraction of sp³-hybridized carbons (Fsp3) is 0.636. The van der Waals surface area contributed by atoms with Crippen LogP contribution in [0, 0.1) is 6.92 Å². The van der Waals surface area contributed by atoms with Gasteiger partial charge in [0, 0.05) is 11.5 Å². The first-order valence-corrected chi connectivity index (χ1v) is 12.5. The van der Waals surface area contributed by atoms with Gasteiger partial charge in [-0.3, -0.25) is 0 Å². The molecule has 1 heterocycles. The maximum absolute atomic E-state index is 4.83. The SMILES string of the molecule is Cc1cnc([Si](C)(C)C)nc1[Si](C)(C)C. The number of aryl methyl sites for hydroxylation is 1. The van der Waals surface area contributed by atoms with Gasteiger partial charge in [0.15, 0.2) is 0 Å². The summed E-state index contributed by atoms with van der Waals surface area (Å²) in [7, 11) is -2.68. The lowest BCUT2D eigenvalue weighted by molar-refractivity contribution is 1.19. The zero-order chi connectivity index (χ0) is 11.9. The van der Waals surface area contributed by atoms with Gasteiger partial charge in [-0.15, -0.1) is 0 Å². The number of aromatic nitrogens is 2. The van der Waals surface area contributed by atoms with Gasteiger partial charge < -0.3 is 0 Å². The molecule has 1 aromatic rings. The van der Waals surface area contributed by atoms with E-state index in [2.05, 4.69) is 51.2 Å². The van der Waals surface area contributed by atoms with Gasteiger partial charge in [0.1, 0.15) is 21.6 Å². The Labute approximate surface area is 95.2 Å². The topological polar surface area (TPSA) is 25.8 Å². The monoisotopic (exact) mass is 238 g/mol. The second-order valence-electron chi connectivity index (χ2n) is 6.23. The Bertz CT molecular complexity index is 362. The van der Waals surface area contributed by atoms with Crippen molar-refractivity contribution in [1.82, 2.24) is 9.97 Å². The number of rotatable bonds is 2. The molecule has 0 atom stereocenters. The van der Waals surface area contributed by atoms with E-state index < -0.39 is 16.1 Å². The van der Waals surface area contributed by atoms with Crippen LogP contribution in [0.3, 0.4) is 0 Å². The zero-order valence-electron chi connectivity index (χ0n) is 11.0. The van der Waals surface area contributed by atoms with E-state index in [1.54, 1.807) is 0 Å². The molecule has 0 saturated carbocycles. The van der Waals surface area contributed by atoms with Crippen molar-refractivity contribution >= 4 is 26.9 Å². The van der Waals surface area contributed by atoms with Crippen molar-refractivity contribution in [1.29, 1.82) is 0 Å². The summed E-state index contributed by atoms with van der Waals surface area (Å²) in [5, 5.41) is 1.33. The largest absolute Gasteiger partial charge is 0.248 e. The predicted octanol–water partition coefficient (Wildman–Crippen LogP) is 1.88. The molecule has 0 amide bonds. The summed E-state index contributed by atoms with van der Waals surface area (Å²) >= 11 is 0. The van der Waals surface area contributed by atoms with Crippen molar-refractivity contribution in [2.75, 3.05) is 0 Å². The molecule has 84 valence electrons. The molecule has 0 fully saturated rings. The number of nitrogens with zero attached hydrogens (tertiary/aromatic N) is 2. The van der Waals surface area contributed by atoms with Crippen LogP contribution in [0.5, 0.6) is 0 Å². The smallest absolute Gasteiger partial charge is 0.125 e. The van der Waals surface area contributed by atoms with Gasteiger partial charge in [-0.25, -0.2) is 9.97 Å². The second kappa shape index (κ2) is 3.83. The van der Waals surface area contributed by atoms with Gasteiger partial charge in [-0.1, -0.05) is 39.3 Å². The van der Waals surface area contributed by atoms with Gasteiger partial charge in [0.05, 0.1) is 0 Å². The maximum atomic E-state index is 4.83. The van der Waals surface area contributed by atoms with Gasteiger partial charge in [-0.05, 0) is 12.5 Å². The molecule has 4 heteroatoms. The lowest BCUT2D eigenvalue weighted by Crippen LogP contribution is -2.51. The average Bonchev–Trinajstić information content (AvgIpc) is 2.00. The van der Waals surface area contributed by atoms with E-state index in [0.29, 0.717) is 0 Å². The maximum Gasteiger partial charge on any atom is 0.125 e. The first kappa shape index (κ1) is 12.6. The lowest BCUT2D eigenvalue weighted by Gasteiger charge is -2.21. The van der Waals surface area contributed by atoms with E-state index in [9.17, 15) is 0 Å². The van der Waals surface area contributed by atoms with Crippen LogP contribution < -0.4 is 10.8 Å². The Kier molecular flexibility index (Phi) is 3.21. The van der Waals surface area contributed by atoms with Crippen LogP contribution in [0.4, 0.5) is 0 Å². The minimum atomic E-state index is -1.37. The number of hydrogen-bond donors (Lipinski definition) is 0. The molecule has 0 spiro atoms. The third-order valence-electron chi connectivity index (χ3n) is 2.35. The van der Waals surface area contributed by atoms with Crippen molar-refractivity contribution < 1.29 is 0 Å². The first-order valence-electron chi connectivity index (χ1n) is 5.47. The van der Waals surface area contributed by atoms with Crippen LogP contribution in [0.2, 0.25) is 39.3 Å². The molecular weight excluding hydrogens is 216 g/mol. The molecule has 1 rings (SSSR count). The van der Waals surface area contributed by atoms with E-state index in [1.165, 1.54) is 10.9 Å². The Balaban J connectivity index is 3.30. The molecule has 0 unspecified atom stereocenters. The summed E-state index contributed by atoms with van der Waals surface area (Å²) in [6.45, 7) is 16.0. The summed E-state index contributed by atoms with van der Waals surface area (Å²) in [6, 6.07) is 0. The normalized spacial score (nSPS) is 13.0. The highest BCUT2D eigenvalue weighted by Crippen LogP contribution is 2.04. The fourth-order valence-corrected chi connectivity index (χ4v) is 4.26. The fourth-order valence-electron chi connectivity index (χ4n) is 1.56. The number of hydrogen-bond acceptors (Lipinski definition) is 2. The standard InChI is InChI=1S/C11H22N2Si2/c1-9-8-12-11(15(5,6)7)13-10(9)14(2,3)4/h8H,1-7H3. The van der Waals surface area contributed by atoms with Crippen LogP contribution >= 0.6 is 0 Å². The first-order chi connectivity index (χ1) is 6.62. The van der Waals surface area contributed by atoms with Crippen molar-refractivity contribution in [3.05, 3.63) is 11.8 Å². The molecule has 1 aromatic heterocycles. The Morgan fingerprint density at radius 1 is 0.933 bits per heavy atom. The predicted molar refractivity (Wildman–Crippen MR) is 72.7 cm³/mol. The van der Waals surface area contributed by atoms with E-state index in [4.69, 9.17) is 4.98 Å². The van der Waals surface area contributed by atoms with E-state index in [0.717, 1.165) is 5.45 Å². The minimum absolute atomic E-state index is 1.10. The molecule has 2 nitrogen and oxygen atoms in total. The molecule has 0 aliphatic heterocycles. The molecular formula is C11H22N2Si2. The molecule has 0 bridgehead atoms. The van der Waals surface area contributed by atoms with Crippen LogP contribution in [0.1, 0.15) is 5.56 Å². The van der Waals surface area contributed by atoms with Crippen molar-refractivity contribution in [3.8, 4) is 0 Å². The van der Waals surface area contributed by atoms with Crippen molar-refractivity contribution in [2.45, 2.75) is 46.2 Å². The van der Waals surface area contributed by atoms with Gasteiger partial charge in [0.25, 0.3) is 0 Å². The Hall–Kier alpha value is -0.486. The van der Waals surface area contributed by atoms with Crippen LogP contribution in [-0.2, 0) is 0 Å². The molecule has 0 aliphatic carbocycles. The van der Waals surface area contributed by atoms with Crippen molar-refractivity contribution in [3.63, 3.8) is 0 Å². The summed E-state index contributed by atoms with van der Waals surface area (Å²) in [4.78, 5) is 9.32. The van der Waals surface area contributed by atoms with E-state index in [1.807, 2.05) is 6.20 Å². The molecule has 0 N–H and O–H groups in total. The highest BCUT2D eigenvalue weighted by molar-refractivity contribution is 6.90. The van der Waals surface area contributed by atoms with Gasteiger partial charge in [0.2, 0.25) is 0 Å². The summed E-state index contributed by atoms with van der Waals surface area (Å²) in [5.74, 6) is 0. The Morgan fingerprint density at radius 3 is 1.87 bits per heavy atom. The highest BCUT2D eigenvalue weighted by Gasteiger charge is 2.26. The summed E-state index contributed by atoms with van der Waals surface area (Å²) in [5.41, 5.74) is 2.36. The van der Waals surface area contributed by atoms with Crippen molar-refractivity contribution in [2.24, 2.45) is 0 Å². The van der Waals surface area contributed by atoms with E-state index >= 15 is 0 Å². The quantitative estimate of drug-likeness (QED) is 0.735. The summed E-state index contributed by atoms with van der Waals surface area (Å²) in [6.07, 6.45) is 2.01.